The molecule has 2 aromatic carbocycles. The predicted molar refractivity (Wildman–Crippen MR) is 102 cm³/mol. The molecule has 122 valence electrons. The van der Waals surface area contributed by atoms with Gasteiger partial charge in [0.1, 0.15) is 11.6 Å². The van der Waals surface area contributed by atoms with Crippen molar-refractivity contribution in [3.8, 4) is 11.8 Å². The summed E-state index contributed by atoms with van der Waals surface area (Å²) in [5.41, 5.74) is 2.38. The molecule has 0 aliphatic rings. The van der Waals surface area contributed by atoms with Crippen molar-refractivity contribution in [1.29, 1.82) is 5.26 Å². The Bertz CT molecular complexity index is 968. The molecule has 0 aliphatic carbocycles. The lowest BCUT2D eigenvalue weighted by molar-refractivity contribution is -0.112. The number of hydrogen-bond donors (Lipinski definition) is 1. The summed E-state index contributed by atoms with van der Waals surface area (Å²) < 4.78 is 2.77. The lowest BCUT2D eigenvalue weighted by Crippen LogP contribution is -2.13. The minimum Gasteiger partial charge on any atom is -0.321 e. The Hall–Kier alpha value is -3.10. The van der Waals surface area contributed by atoms with E-state index in [0.717, 1.165) is 15.9 Å². The molecule has 5 heteroatoms. The Morgan fingerprint density at radius 3 is 2.60 bits per heavy atom. The summed E-state index contributed by atoms with van der Waals surface area (Å²) in [6, 6.07) is 22.7. The van der Waals surface area contributed by atoms with Crippen LogP contribution in [0.25, 0.3) is 11.8 Å². The van der Waals surface area contributed by atoms with E-state index in [1.165, 1.54) is 0 Å². The fourth-order valence-corrected chi connectivity index (χ4v) is 2.80. The lowest BCUT2D eigenvalue weighted by atomic mass is 10.2. The number of amides is 1. The van der Waals surface area contributed by atoms with Gasteiger partial charge in [-0.2, -0.15) is 5.26 Å². The second kappa shape index (κ2) is 7.65. The third kappa shape index (κ3) is 4.06. The summed E-state index contributed by atoms with van der Waals surface area (Å²) in [4.78, 5) is 12.4. The molecule has 4 nitrogen and oxygen atoms in total. The van der Waals surface area contributed by atoms with E-state index < -0.39 is 5.91 Å². The van der Waals surface area contributed by atoms with Gasteiger partial charge in [-0.25, -0.2) is 0 Å². The minimum atomic E-state index is -0.443. The van der Waals surface area contributed by atoms with E-state index in [1.54, 1.807) is 18.2 Å². The minimum absolute atomic E-state index is 0.0378. The zero-order valence-electron chi connectivity index (χ0n) is 13.2. The van der Waals surface area contributed by atoms with Crippen molar-refractivity contribution in [2.75, 3.05) is 5.32 Å². The van der Waals surface area contributed by atoms with E-state index in [4.69, 9.17) is 0 Å². The van der Waals surface area contributed by atoms with Crippen LogP contribution in [0.3, 0.4) is 0 Å². The van der Waals surface area contributed by atoms with Crippen LogP contribution in [-0.2, 0) is 4.79 Å². The molecule has 0 fully saturated rings. The Kier molecular flexibility index (Phi) is 5.12. The molecule has 1 amide bonds. The summed E-state index contributed by atoms with van der Waals surface area (Å²) >= 11 is 3.36. The number of nitrogens with one attached hydrogen (secondary N) is 1. The van der Waals surface area contributed by atoms with Crippen molar-refractivity contribution >= 4 is 33.6 Å². The van der Waals surface area contributed by atoms with Gasteiger partial charge in [0.25, 0.3) is 5.91 Å². The molecule has 1 N–H and O–H groups in total. The van der Waals surface area contributed by atoms with Crippen molar-refractivity contribution in [3.05, 3.63) is 88.7 Å². The fraction of sp³-hybridized carbons (Fsp3) is 0. The summed E-state index contributed by atoms with van der Waals surface area (Å²) in [7, 11) is 0. The second-order valence-electron chi connectivity index (χ2n) is 5.27. The number of rotatable bonds is 4. The molecule has 1 aromatic heterocycles. The second-order valence-corrected chi connectivity index (χ2v) is 6.19. The van der Waals surface area contributed by atoms with E-state index in [9.17, 15) is 10.1 Å². The van der Waals surface area contributed by atoms with Crippen molar-refractivity contribution in [3.63, 3.8) is 0 Å². The maximum absolute atomic E-state index is 12.4. The lowest BCUT2D eigenvalue weighted by Gasteiger charge is -2.07. The third-order valence-corrected chi connectivity index (χ3v) is 4.05. The third-order valence-electron chi connectivity index (χ3n) is 3.55. The van der Waals surface area contributed by atoms with Gasteiger partial charge >= 0.3 is 0 Å². The van der Waals surface area contributed by atoms with Crippen molar-refractivity contribution in [2.24, 2.45) is 0 Å². The van der Waals surface area contributed by atoms with Crippen molar-refractivity contribution in [2.45, 2.75) is 0 Å². The van der Waals surface area contributed by atoms with Crippen LogP contribution in [-0.4, -0.2) is 10.5 Å². The quantitative estimate of drug-likeness (QED) is 0.513. The largest absolute Gasteiger partial charge is 0.321 e. The molecule has 3 aromatic rings. The van der Waals surface area contributed by atoms with Gasteiger partial charge in [-0.1, -0.05) is 40.2 Å². The molecule has 0 unspecified atom stereocenters. The van der Waals surface area contributed by atoms with E-state index in [0.29, 0.717) is 5.69 Å². The summed E-state index contributed by atoms with van der Waals surface area (Å²) in [6.45, 7) is 0. The van der Waals surface area contributed by atoms with Crippen LogP contribution in [0, 0.1) is 11.3 Å². The van der Waals surface area contributed by atoms with Gasteiger partial charge in [-0.3, -0.25) is 4.79 Å². The topological polar surface area (TPSA) is 57.8 Å². The molecule has 1 heterocycles. The van der Waals surface area contributed by atoms with Crippen LogP contribution >= 0.6 is 15.9 Å². The normalized spacial score (nSPS) is 11.0. The highest BCUT2D eigenvalue weighted by molar-refractivity contribution is 9.10. The van der Waals surface area contributed by atoms with Crippen LogP contribution < -0.4 is 5.32 Å². The highest BCUT2D eigenvalue weighted by atomic mass is 79.9. The van der Waals surface area contributed by atoms with Crippen LogP contribution in [0.4, 0.5) is 5.69 Å². The zero-order valence-corrected chi connectivity index (χ0v) is 14.8. The van der Waals surface area contributed by atoms with Gasteiger partial charge in [0, 0.05) is 27.7 Å². The van der Waals surface area contributed by atoms with Crippen LogP contribution in [0.5, 0.6) is 0 Å². The van der Waals surface area contributed by atoms with Crippen LogP contribution in [0.1, 0.15) is 5.69 Å². The number of carbonyl (C=O) groups excluding carboxylic acids is 1. The number of aromatic nitrogens is 1. The average Bonchev–Trinajstić information content (AvgIpc) is 3.08. The van der Waals surface area contributed by atoms with Crippen LogP contribution in [0.2, 0.25) is 0 Å². The number of benzene rings is 2. The highest BCUT2D eigenvalue weighted by Crippen LogP contribution is 2.18. The number of carbonyl (C=O) groups is 1. The SMILES string of the molecule is N#C/C(=C/c1cccn1-c1ccccc1)C(=O)Nc1cccc(Br)c1. The van der Waals surface area contributed by atoms with Gasteiger partial charge < -0.3 is 9.88 Å². The van der Waals surface area contributed by atoms with Crippen molar-refractivity contribution < 1.29 is 4.79 Å². The molecule has 0 saturated heterocycles. The zero-order chi connectivity index (χ0) is 17.6. The van der Waals surface area contributed by atoms with E-state index in [2.05, 4.69) is 21.2 Å². The first kappa shape index (κ1) is 16.7. The van der Waals surface area contributed by atoms with Crippen molar-refractivity contribution in [1.82, 2.24) is 4.57 Å². The molecule has 0 aliphatic heterocycles. The van der Waals surface area contributed by atoms with Crippen LogP contribution in [0.15, 0.2) is 83.0 Å². The molecular formula is C20H14BrN3O. The van der Waals surface area contributed by atoms with Gasteiger partial charge in [-0.15, -0.1) is 0 Å². The number of halogens is 1. The molecule has 0 spiro atoms. The Labute approximate surface area is 154 Å². The first-order valence-electron chi connectivity index (χ1n) is 7.59. The molecule has 3 rings (SSSR count). The summed E-state index contributed by atoms with van der Waals surface area (Å²) in [6.07, 6.45) is 3.47. The van der Waals surface area contributed by atoms with Gasteiger partial charge in [0.05, 0.1) is 0 Å². The monoisotopic (exact) mass is 391 g/mol. The average molecular weight is 392 g/mol. The summed E-state index contributed by atoms with van der Waals surface area (Å²) in [5.74, 6) is -0.443. The Morgan fingerprint density at radius 2 is 1.88 bits per heavy atom. The van der Waals surface area contributed by atoms with Gasteiger partial charge in [0.2, 0.25) is 0 Å². The number of para-hydroxylation sites is 1. The van der Waals surface area contributed by atoms with Gasteiger partial charge in [0.15, 0.2) is 0 Å². The Morgan fingerprint density at radius 1 is 1.08 bits per heavy atom. The summed E-state index contributed by atoms with van der Waals surface area (Å²) in [5, 5.41) is 12.1. The maximum atomic E-state index is 12.4. The molecule has 25 heavy (non-hydrogen) atoms. The fourth-order valence-electron chi connectivity index (χ4n) is 2.40. The number of nitriles is 1. The predicted octanol–water partition coefficient (Wildman–Crippen LogP) is 4.79. The maximum Gasteiger partial charge on any atom is 0.266 e. The van der Waals surface area contributed by atoms with E-state index in [-0.39, 0.29) is 5.57 Å². The Balaban J connectivity index is 1.88. The molecular weight excluding hydrogens is 378 g/mol. The molecule has 0 bridgehead atoms. The first-order chi connectivity index (χ1) is 12.2. The standard InChI is InChI=1S/C20H14BrN3O/c21-16-6-4-7-17(13-16)23-20(25)15(14-22)12-19-10-5-11-24(19)18-8-2-1-3-9-18/h1-13H,(H,23,25)/b15-12-. The molecule has 0 radical (unpaired) electrons. The molecule has 0 atom stereocenters. The van der Waals surface area contributed by atoms with E-state index in [1.807, 2.05) is 71.4 Å². The smallest absolute Gasteiger partial charge is 0.266 e. The number of hydrogen-bond acceptors (Lipinski definition) is 2. The molecule has 0 saturated carbocycles. The van der Waals surface area contributed by atoms with Gasteiger partial charge in [-0.05, 0) is 48.5 Å². The first-order valence-corrected chi connectivity index (χ1v) is 8.38. The highest BCUT2D eigenvalue weighted by Gasteiger charge is 2.11. The number of anilines is 1. The number of nitrogens with zero attached hydrogens (tertiary/aromatic N) is 2. The van der Waals surface area contributed by atoms with E-state index >= 15 is 0 Å².